The van der Waals surface area contributed by atoms with Gasteiger partial charge in [0, 0.05) is 10.9 Å². The van der Waals surface area contributed by atoms with E-state index in [0.29, 0.717) is 16.6 Å². The van der Waals surface area contributed by atoms with Crippen molar-refractivity contribution in [2.24, 2.45) is 0 Å². The van der Waals surface area contributed by atoms with E-state index in [2.05, 4.69) is 15.6 Å². The van der Waals surface area contributed by atoms with Crippen LogP contribution in [0.15, 0.2) is 53.9 Å². The van der Waals surface area contributed by atoms with E-state index in [1.165, 1.54) is 11.3 Å². The molecule has 1 aromatic heterocycles. The summed E-state index contributed by atoms with van der Waals surface area (Å²) in [6.07, 6.45) is -0.978. The van der Waals surface area contributed by atoms with Crippen molar-refractivity contribution in [3.05, 3.63) is 53.9 Å². The van der Waals surface area contributed by atoms with Crippen molar-refractivity contribution in [3.63, 3.8) is 0 Å². The molecule has 0 bridgehead atoms. The van der Waals surface area contributed by atoms with Crippen LogP contribution in [0.5, 0.6) is 11.5 Å². The zero-order chi connectivity index (χ0) is 19.5. The number of para-hydroxylation sites is 2. The predicted molar refractivity (Wildman–Crippen MR) is 107 cm³/mol. The number of hydrogen-bond donors (Lipinski definition) is 2. The van der Waals surface area contributed by atoms with Gasteiger partial charge < -0.3 is 20.1 Å². The molecule has 2 N–H and O–H groups in total. The fraction of sp³-hybridized carbons (Fsp3) is 0.150. The van der Waals surface area contributed by atoms with Gasteiger partial charge in [-0.15, -0.1) is 11.3 Å². The molecule has 0 saturated carbocycles. The van der Waals surface area contributed by atoms with Crippen molar-refractivity contribution >= 4 is 34.0 Å². The Morgan fingerprint density at radius 3 is 2.82 bits per heavy atom. The average molecular weight is 395 g/mol. The third kappa shape index (κ3) is 3.81. The lowest BCUT2D eigenvalue weighted by Crippen LogP contribution is -2.39. The largest absolute Gasteiger partial charge is 0.497 e. The highest BCUT2D eigenvalue weighted by molar-refractivity contribution is 7.14. The van der Waals surface area contributed by atoms with Crippen LogP contribution in [-0.4, -0.2) is 30.0 Å². The van der Waals surface area contributed by atoms with Gasteiger partial charge in [0.1, 0.15) is 11.5 Å². The highest BCUT2D eigenvalue weighted by Crippen LogP contribution is 2.30. The molecule has 142 valence electrons. The van der Waals surface area contributed by atoms with Gasteiger partial charge in [0.25, 0.3) is 5.91 Å². The lowest BCUT2D eigenvalue weighted by atomic mass is 10.1. The van der Waals surface area contributed by atoms with Crippen LogP contribution < -0.4 is 20.1 Å². The van der Waals surface area contributed by atoms with Crippen molar-refractivity contribution in [1.82, 2.24) is 4.98 Å². The molecule has 1 aliphatic heterocycles. The van der Waals surface area contributed by atoms with E-state index in [1.807, 2.05) is 35.7 Å². The molecule has 7 nitrogen and oxygen atoms in total. The number of methoxy groups -OCH3 is 1. The summed E-state index contributed by atoms with van der Waals surface area (Å²) in [6, 6.07) is 14.6. The summed E-state index contributed by atoms with van der Waals surface area (Å²) < 4.78 is 10.8. The van der Waals surface area contributed by atoms with E-state index in [4.69, 9.17) is 9.47 Å². The molecule has 2 amide bonds. The van der Waals surface area contributed by atoms with Gasteiger partial charge in [0.05, 0.1) is 24.9 Å². The van der Waals surface area contributed by atoms with E-state index >= 15 is 0 Å². The van der Waals surface area contributed by atoms with Crippen molar-refractivity contribution in [2.45, 2.75) is 12.5 Å². The van der Waals surface area contributed by atoms with Crippen LogP contribution in [0.2, 0.25) is 0 Å². The van der Waals surface area contributed by atoms with Gasteiger partial charge in [0.15, 0.2) is 11.2 Å². The second kappa shape index (κ2) is 7.69. The van der Waals surface area contributed by atoms with E-state index < -0.39 is 6.10 Å². The fourth-order valence-electron chi connectivity index (χ4n) is 2.79. The number of rotatable bonds is 5. The van der Waals surface area contributed by atoms with Gasteiger partial charge in [-0.1, -0.05) is 12.1 Å². The molecule has 0 spiro atoms. The molecular formula is C20H17N3O4S. The number of carbonyl (C=O) groups excluding carboxylic acids is 2. The van der Waals surface area contributed by atoms with Gasteiger partial charge in [-0.2, -0.15) is 0 Å². The summed E-state index contributed by atoms with van der Waals surface area (Å²) in [6.45, 7) is 0. The second-order valence-corrected chi connectivity index (χ2v) is 6.97. The number of amides is 2. The first kappa shape index (κ1) is 18.0. The molecule has 2 aromatic carbocycles. The Kier molecular flexibility index (Phi) is 4.94. The van der Waals surface area contributed by atoms with Crippen molar-refractivity contribution in [2.75, 3.05) is 17.7 Å². The number of fused-ring (bicyclic) bond motifs is 1. The molecule has 0 radical (unpaired) electrons. The minimum atomic E-state index is -0.879. The molecule has 1 unspecified atom stereocenters. The Morgan fingerprint density at radius 1 is 1.25 bits per heavy atom. The number of nitrogens with one attached hydrogen (secondary N) is 2. The van der Waals surface area contributed by atoms with Crippen LogP contribution in [-0.2, 0) is 9.59 Å². The normalized spacial score (nSPS) is 15.2. The maximum Gasteiger partial charge on any atom is 0.266 e. The lowest BCUT2D eigenvalue weighted by molar-refractivity contribution is -0.128. The van der Waals surface area contributed by atoms with Crippen LogP contribution in [0.1, 0.15) is 6.42 Å². The minimum absolute atomic E-state index is 0.0996. The molecule has 0 saturated heterocycles. The van der Waals surface area contributed by atoms with Crippen molar-refractivity contribution in [1.29, 1.82) is 0 Å². The highest BCUT2D eigenvalue weighted by atomic mass is 32.1. The van der Waals surface area contributed by atoms with Crippen LogP contribution >= 0.6 is 11.3 Å². The van der Waals surface area contributed by atoms with Crippen LogP contribution in [0, 0.1) is 0 Å². The van der Waals surface area contributed by atoms with Gasteiger partial charge in [-0.25, -0.2) is 4.98 Å². The molecule has 3 aromatic rings. The second-order valence-electron chi connectivity index (χ2n) is 6.11. The zero-order valence-electron chi connectivity index (χ0n) is 15.0. The summed E-state index contributed by atoms with van der Waals surface area (Å²) in [5.41, 5.74) is 2.28. The number of nitrogens with zero attached hydrogens (tertiary/aromatic N) is 1. The van der Waals surface area contributed by atoms with E-state index in [0.717, 1.165) is 17.0 Å². The van der Waals surface area contributed by atoms with Gasteiger partial charge in [-0.3, -0.25) is 9.59 Å². The third-order valence-corrected chi connectivity index (χ3v) is 4.97. The number of thiazole rings is 1. The summed E-state index contributed by atoms with van der Waals surface area (Å²) >= 11 is 1.32. The molecule has 0 aliphatic carbocycles. The Bertz CT molecular complexity index is 1020. The molecule has 0 fully saturated rings. The first-order valence-corrected chi connectivity index (χ1v) is 9.47. The van der Waals surface area contributed by atoms with Crippen molar-refractivity contribution < 1.29 is 19.1 Å². The standard InChI is InChI=1S/C20H17N3O4S/c1-26-13-8-6-12(7-9-13)15-11-28-20(22-15)23-18(24)10-17-19(25)21-14-4-2-3-5-16(14)27-17/h2-9,11,17H,10H2,1H3,(H,21,25)(H,22,23,24). The summed E-state index contributed by atoms with van der Waals surface area (Å²) in [5, 5.41) is 7.80. The summed E-state index contributed by atoms with van der Waals surface area (Å²) in [5.74, 6) is 0.637. The number of ether oxygens (including phenoxy) is 2. The Labute approximate surface area is 165 Å². The molecule has 1 aliphatic rings. The number of carbonyl (C=O) groups is 2. The van der Waals surface area contributed by atoms with Crippen LogP contribution in [0.25, 0.3) is 11.3 Å². The zero-order valence-corrected chi connectivity index (χ0v) is 15.8. The molecule has 4 rings (SSSR count). The third-order valence-electron chi connectivity index (χ3n) is 4.21. The molecule has 8 heteroatoms. The first-order chi connectivity index (χ1) is 13.6. The van der Waals surface area contributed by atoms with Gasteiger partial charge in [-0.05, 0) is 36.4 Å². The number of benzene rings is 2. The quantitative estimate of drug-likeness (QED) is 0.690. The van der Waals surface area contributed by atoms with Crippen LogP contribution in [0.4, 0.5) is 10.8 Å². The summed E-state index contributed by atoms with van der Waals surface area (Å²) in [7, 11) is 1.61. The van der Waals surface area contributed by atoms with E-state index in [9.17, 15) is 9.59 Å². The van der Waals surface area contributed by atoms with Gasteiger partial charge in [0.2, 0.25) is 5.91 Å². The Hall–Kier alpha value is -3.39. The lowest BCUT2D eigenvalue weighted by Gasteiger charge is -2.25. The smallest absolute Gasteiger partial charge is 0.266 e. The molecule has 2 heterocycles. The van der Waals surface area contributed by atoms with E-state index in [-0.39, 0.29) is 18.2 Å². The maximum absolute atomic E-state index is 12.3. The monoisotopic (exact) mass is 395 g/mol. The number of hydrogen-bond acceptors (Lipinski definition) is 6. The molecule has 28 heavy (non-hydrogen) atoms. The van der Waals surface area contributed by atoms with Crippen molar-refractivity contribution in [3.8, 4) is 22.8 Å². The van der Waals surface area contributed by atoms with Crippen LogP contribution in [0.3, 0.4) is 0 Å². The van der Waals surface area contributed by atoms with E-state index in [1.54, 1.807) is 25.3 Å². The SMILES string of the molecule is COc1ccc(-c2csc(NC(=O)CC3Oc4ccccc4NC3=O)n2)cc1. The topological polar surface area (TPSA) is 89.5 Å². The molecule has 1 atom stereocenters. The Balaban J connectivity index is 1.39. The maximum atomic E-state index is 12.3. The highest BCUT2D eigenvalue weighted by Gasteiger charge is 2.29. The predicted octanol–water partition coefficient (Wildman–Crippen LogP) is 3.55. The molecular weight excluding hydrogens is 378 g/mol. The van der Waals surface area contributed by atoms with Gasteiger partial charge >= 0.3 is 0 Å². The summed E-state index contributed by atoms with van der Waals surface area (Å²) in [4.78, 5) is 28.9. The Morgan fingerprint density at radius 2 is 2.04 bits per heavy atom. The fourth-order valence-corrected chi connectivity index (χ4v) is 3.53. The average Bonchev–Trinajstić information content (AvgIpc) is 3.17. The minimum Gasteiger partial charge on any atom is -0.497 e. The number of anilines is 2. The first-order valence-electron chi connectivity index (χ1n) is 8.59. The number of aromatic nitrogens is 1.